The van der Waals surface area contributed by atoms with E-state index in [1.54, 1.807) is 24.5 Å². The van der Waals surface area contributed by atoms with Gasteiger partial charge in [-0.2, -0.15) is 0 Å². The molecule has 2 N–H and O–H groups in total. The van der Waals surface area contributed by atoms with Crippen LogP contribution in [0.15, 0.2) is 29.9 Å². The summed E-state index contributed by atoms with van der Waals surface area (Å²) in [6.45, 7) is 6.63. The number of thiazole rings is 1. The predicted octanol–water partition coefficient (Wildman–Crippen LogP) is 2.64. The number of nitrogens with zero attached hydrogens (tertiary/aromatic N) is 2. The van der Waals surface area contributed by atoms with Crippen LogP contribution in [0.25, 0.3) is 0 Å². The maximum absolute atomic E-state index is 12.3. The summed E-state index contributed by atoms with van der Waals surface area (Å²) in [5, 5.41) is 8.87. The highest BCUT2D eigenvalue weighted by Gasteiger charge is 2.26. The number of hydrogen-bond acceptors (Lipinski definition) is 5. The number of carbonyl (C=O) groups is 1. The van der Waals surface area contributed by atoms with Gasteiger partial charge >= 0.3 is 0 Å². The molecule has 0 fully saturated rings. The summed E-state index contributed by atoms with van der Waals surface area (Å²) < 4.78 is 0. The number of rotatable bonds is 5. The number of pyridine rings is 1. The fourth-order valence-corrected chi connectivity index (χ4v) is 2.51. The predicted molar refractivity (Wildman–Crippen MR) is 81.0 cm³/mol. The number of amides is 1. The number of hydrogen-bond donors (Lipinski definition) is 2. The van der Waals surface area contributed by atoms with Gasteiger partial charge in [0, 0.05) is 29.9 Å². The molecular formula is C14H18N4OS. The zero-order valence-corrected chi connectivity index (χ0v) is 12.6. The van der Waals surface area contributed by atoms with Gasteiger partial charge in [-0.05, 0) is 32.9 Å². The van der Waals surface area contributed by atoms with Crippen molar-refractivity contribution in [3.8, 4) is 0 Å². The van der Waals surface area contributed by atoms with E-state index in [0.29, 0.717) is 11.4 Å². The van der Waals surface area contributed by atoms with Gasteiger partial charge < -0.3 is 10.6 Å². The van der Waals surface area contributed by atoms with Crippen molar-refractivity contribution in [2.24, 2.45) is 0 Å². The topological polar surface area (TPSA) is 66.9 Å². The standard InChI is InChI=1S/C14H18N4OS/c1-4-15-11-9-10(5-6-16-11)12(19)18-14(2,3)13-17-7-8-20-13/h5-9H,4H2,1-3H3,(H,15,16)(H,18,19). The van der Waals surface area contributed by atoms with Gasteiger partial charge in [-0.3, -0.25) is 4.79 Å². The first kappa shape index (κ1) is 14.5. The molecule has 2 rings (SSSR count). The smallest absolute Gasteiger partial charge is 0.252 e. The van der Waals surface area contributed by atoms with Gasteiger partial charge in [-0.25, -0.2) is 9.97 Å². The van der Waals surface area contributed by atoms with Crippen molar-refractivity contribution in [2.45, 2.75) is 26.3 Å². The Hall–Kier alpha value is -1.95. The summed E-state index contributed by atoms with van der Waals surface area (Å²) in [6.07, 6.45) is 3.37. The molecule has 2 heterocycles. The minimum Gasteiger partial charge on any atom is -0.370 e. The number of carbonyl (C=O) groups excluding carboxylic acids is 1. The van der Waals surface area contributed by atoms with E-state index in [1.165, 1.54) is 11.3 Å². The Bertz CT molecular complexity index is 581. The SMILES string of the molecule is CCNc1cc(C(=O)NC(C)(C)c2nccs2)ccn1. The molecule has 0 bridgehead atoms. The molecule has 0 aliphatic rings. The van der Waals surface area contributed by atoms with Crippen molar-refractivity contribution in [1.82, 2.24) is 15.3 Å². The molecule has 0 saturated heterocycles. The molecule has 0 aromatic carbocycles. The minimum atomic E-state index is -0.493. The molecule has 2 aromatic rings. The lowest BCUT2D eigenvalue weighted by molar-refractivity contribution is 0.0912. The van der Waals surface area contributed by atoms with Crippen LogP contribution in [0.2, 0.25) is 0 Å². The Labute approximate surface area is 122 Å². The van der Waals surface area contributed by atoms with E-state index in [0.717, 1.165) is 11.6 Å². The summed E-state index contributed by atoms with van der Waals surface area (Å²) in [5.41, 5.74) is 0.0907. The van der Waals surface area contributed by atoms with E-state index in [1.807, 2.05) is 26.2 Å². The molecule has 0 aliphatic carbocycles. The Morgan fingerprint density at radius 3 is 2.80 bits per heavy atom. The van der Waals surface area contributed by atoms with Crippen molar-refractivity contribution in [1.29, 1.82) is 0 Å². The first-order valence-electron chi connectivity index (χ1n) is 6.45. The molecule has 1 amide bonds. The van der Waals surface area contributed by atoms with E-state index >= 15 is 0 Å². The monoisotopic (exact) mass is 290 g/mol. The molecule has 0 spiro atoms. The van der Waals surface area contributed by atoms with Gasteiger partial charge in [0.15, 0.2) is 0 Å². The summed E-state index contributed by atoms with van der Waals surface area (Å²) in [7, 11) is 0. The Balaban J connectivity index is 2.14. The average molecular weight is 290 g/mol. The highest BCUT2D eigenvalue weighted by Crippen LogP contribution is 2.22. The zero-order valence-electron chi connectivity index (χ0n) is 11.8. The Morgan fingerprint density at radius 1 is 1.35 bits per heavy atom. The van der Waals surface area contributed by atoms with Crippen molar-refractivity contribution in [3.63, 3.8) is 0 Å². The van der Waals surface area contributed by atoms with Gasteiger partial charge in [0.25, 0.3) is 5.91 Å². The van der Waals surface area contributed by atoms with Crippen molar-refractivity contribution < 1.29 is 4.79 Å². The highest BCUT2D eigenvalue weighted by molar-refractivity contribution is 7.09. The van der Waals surface area contributed by atoms with Gasteiger partial charge in [0.05, 0.1) is 5.54 Å². The molecule has 0 aliphatic heterocycles. The molecular weight excluding hydrogens is 272 g/mol. The fourth-order valence-electron chi connectivity index (χ4n) is 1.79. The van der Waals surface area contributed by atoms with Crippen LogP contribution < -0.4 is 10.6 Å². The molecule has 0 saturated carbocycles. The van der Waals surface area contributed by atoms with Crippen LogP contribution in [0.1, 0.15) is 36.1 Å². The normalized spacial score (nSPS) is 11.2. The molecule has 0 unspecified atom stereocenters. The van der Waals surface area contributed by atoms with Gasteiger partial charge in [-0.1, -0.05) is 0 Å². The van der Waals surface area contributed by atoms with Gasteiger partial charge in [-0.15, -0.1) is 11.3 Å². The molecule has 5 nitrogen and oxygen atoms in total. The van der Waals surface area contributed by atoms with E-state index in [-0.39, 0.29) is 5.91 Å². The third-order valence-electron chi connectivity index (χ3n) is 2.77. The van der Waals surface area contributed by atoms with Crippen LogP contribution in [0.5, 0.6) is 0 Å². The largest absolute Gasteiger partial charge is 0.370 e. The first-order chi connectivity index (χ1) is 9.53. The lowest BCUT2D eigenvalue weighted by atomic mass is 10.1. The molecule has 2 aromatic heterocycles. The lowest BCUT2D eigenvalue weighted by Gasteiger charge is -2.23. The number of nitrogens with one attached hydrogen (secondary N) is 2. The van der Waals surface area contributed by atoms with Crippen LogP contribution in [0.3, 0.4) is 0 Å². The Morgan fingerprint density at radius 2 is 2.15 bits per heavy atom. The Kier molecular flexibility index (Phi) is 4.34. The van der Waals surface area contributed by atoms with E-state index in [2.05, 4.69) is 20.6 Å². The van der Waals surface area contributed by atoms with Crippen LogP contribution >= 0.6 is 11.3 Å². The van der Waals surface area contributed by atoms with E-state index in [9.17, 15) is 4.79 Å². The summed E-state index contributed by atoms with van der Waals surface area (Å²) in [6, 6.07) is 3.45. The molecule has 0 atom stereocenters. The first-order valence-corrected chi connectivity index (χ1v) is 7.33. The second kappa shape index (κ2) is 6.00. The van der Waals surface area contributed by atoms with Crippen molar-refractivity contribution >= 4 is 23.1 Å². The van der Waals surface area contributed by atoms with Gasteiger partial charge in [0.1, 0.15) is 10.8 Å². The number of anilines is 1. The third-order valence-corrected chi connectivity index (χ3v) is 3.87. The van der Waals surface area contributed by atoms with E-state index in [4.69, 9.17) is 0 Å². The molecule has 0 radical (unpaired) electrons. The minimum absolute atomic E-state index is 0.133. The van der Waals surface area contributed by atoms with Crippen LogP contribution in [-0.4, -0.2) is 22.4 Å². The third kappa shape index (κ3) is 3.33. The maximum Gasteiger partial charge on any atom is 0.252 e. The zero-order chi connectivity index (χ0) is 14.6. The molecule has 20 heavy (non-hydrogen) atoms. The van der Waals surface area contributed by atoms with Crippen molar-refractivity contribution in [2.75, 3.05) is 11.9 Å². The van der Waals surface area contributed by atoms with Crippen LogP contribution in [0, 0.1) is 0 Å². The number of aromatic nitrogens is 2. The fraction of sp³-hybridized carbons (Fsp3) is 0.357. The van der Waals surface area contributed by atoms with E-state index < -0.39 is 5.54 Å². The second-order valence-electron chi connectivity index (χ2n) is 4.88. The lowest BCUT2D eigenvalue weighted by Crippen LogP contribution is -2.40. The van der Waals surface area contributed by atoms with Crippen LogP contribution in [0.4, 0.5) is 5.82 Å². The molecule has 106 valence electrons. The summed E-state index contributed by atoms with van der Waals surface area (Å²) in [5.74, 6) is 0.568. The highest BCUT2D eigenvalue weighted by atomic mass is 32.1. The quantitative estimate of drug-likeness (QED) is 0.888. The molecule has 6 heteroatoms. The maximum atomic E-state index is 12.3. The van der Waals surface area contributed by atoms with Crippen LogP contribution in [-0.2, 0) is 5.54 Å². The van der Waals surface area contributed by atoms with Gasteiger partial charge in [0.2, 0.25) is 0 Å². The summed E-state index contributed by atoms with van der Waals surface area (Å²) >= 11 is 1.53. The second-order valence-corrected chi connectivity index (χ2v) is 5.77. The summed E-state index contributed by atoms with van der Waals surface area (Å²) in [4.78, 5) is 20.7. The van der Waals surface area contributed by atoms with Crippen molar-refractivity contribution in [3.05, 3.63) is 40.5 Å². The average Bonchev–Trinajstić information content (AvgIpc) is 2.93.